The van der Waals surface area contributed by atoms with Gasteiger partial charge in [0.2, 0.25) is 0 Å². The zero-order valence-corrected chi connectivity index (χ0v) is 16.9. The Hall–Kier alpha value is -1.76. The molecule has 2 rings (SSSR count). The predicted molar refractivity (Wildman–Crippen MR) is 112 cm³/mol. The molecule has 0 saturated carbocycles. The number of benzene rings is 2. The van der Waals surface area contributed by atoms with Crippen LogP contribution in [0.2, 0.25) is 0 Å². The van der Waals surface area contributed by atoms with Crippen LogP contribution in [-0.4, -0.2) is 0 Å². The topological polar surface area (TPSA) is 12.0 Å². The zero-order chi connectivity index (χ0) is 18.5. The summed E-state index contributed by atoms with van der Waals surface area (Å²) in [4.78, 5) is 0. The van der Waals surface area contributed by atoms with Gasteiger partial charge in [0.15, 0.2) is 0 Å². The van der Waals surface area contributed by atoms with Crippen molar-refractivity contribution < 1.29 is 0 Å². The average Bonchev–Trinajstić information content (AvgIpc) is 2.55. The highest BCUT2D eigenvalue weighted by molar-refractivity contribution is 5.60. The van der Waals surface area contributed by atoms with Crippen molar-refractivity contribution in [1.82, 2.24) is 0 Å². The Bertz CT molecular complexity index is 642. The fourth-order valence-electron chi connectivity index (χ4n) is 3.19. The Morgan fingerprint density at radius 1 is 0.680 bits per heavy atom. The van der Waals surface area contributed by atoms with E-state index in [1.807, 2.05) is 0 Å². The van der Waals surface area contributed by atoms with Crippen LogP contribution in [0.5, 0.6) is 0 Å². The van der Waals surface area contributed by atoms with Gasteiger partial charge in [0.05, 0.1) is 0 Å². The van der Waals surface area contributed by atoms with E-state index in [1.165, 1.54) is 36.8 Å². The van der Waals surface area contributed by atoms with Crippen LogP contribution in [0.15, 0.2) is 48.5 Å². The molecule has 1 nitrogen and oxygen atoms in total. The molecule has 2 aromatic carbocycles. The van der Waals surface area contributed by atoms with Crippen LogP contribution in [0.4, 0.5) is 11.4 Å². The summed E-state index contributed by atoms with van der Waals surface area (Å²) in [7, 11) is 0. The normalized spacial score (nSPS) is 12.2. The summed E-state index contributed by atoms with van der Waals surface area (Å²) < 4.78 is 0. The minimum Gasteiger partial charge on any atom is -0.356 e. The summed E-state index contributed by atoms with van der Waals surface area (Å²) in [6.45, 7) is 13.7. The van der Waals surface area contributed by atoms with Gasteiger partial charge in [0.25, 0.3) is 0 Å². The average molecular weight is 338 g/mol. The van der Waals surface area contributed by atoms with Crippen molar-refractivity contribution in [3.8, 4) is 0 Å². The summed E-state index contributed by atoms with van der Waals surface area (Å²) in [6.07, 6.45) is 5.17. The number of anilines is 2. The maximum atomic E-state index is 3.51. The van der Waals surface area contributed by atoms with E-state index in [-0.39, 0.29) is 10.8 Å². The van der Waals surface area contributed by atoms with Gasteiger partial charge in [-0.15, -0.1) is 0 Å². The Morgan fingerprint density at radius 3 is 1.60 bits per heavy atom. The summed E-state index contributed by atoms with van der Waals surface area (Å²) in [5.41, 5.74) is 5.53. The molecule has 0 aliphatic heterocycles. The van der Waals surface area contributed by atoms with Gasteiger partial charge in [0, 0.05) is 11.4 Å². The first-order valence-corrected chi connectivity index (χ1v) is 9.70. The summed E-state index contributed by atoms with van der Waals surface area (Å²) in [5, 5.41) is 3.51. The smallest absolute Gasteiger partial charge is 0.0384 e. The highest BCUT2D eigenvalue weighted by Gasteiger charge is 2.19. The third kappa shape index (κ3) is 5.63. The molecule has 0 heterocycles. The fourth-order valence-corrected chi connectivity index (χ4v) is 3.19. The lowest BCUT2D eigenvalue weighted by Gasteiger charge is -2.25. The minimum atomic E-state index is 0.198. The van der Waals surface area contributed by atoms with E-state index >= 15 is 0 Å². The first-order valence-electron chi connectivity index (χ1n) is 9.70. The van der Waals surface area contributed by atoms with Crippen LogP contribution in [0.3, 0.4) is 0 Å². The minimum absolute atomic E-state index is 0.198. The Morgan fingerprint density at radius 2 is 1.16 bits per heavy atom. The second-order valence-corrected chi connectivity index (χ2v) is 8.87. The molecule has 0 bridgehead atoms. The molecule has 0 fully saturated rings. The van der Waals surface area contributed by atoms with Crippen LogP contribution in [0.1, 0.15) is 78.4 Å². The van der Waals surface area contributed by atoms with Crippen LogP contribution in [-0.2, 0) is 10.8 Å². The molecule has 0 amide bonds. The molecule has 25 heavy (non-hydrogen) atoms. The first kappa shape index (κ1) is 19.6. The van der Waals surface area contributed by atoms with Gasteiger partial charge in [-0.1, -0.05) is 85.1 Å². The number of unbranched alkanes of at least 4 members (excludes halogenated alkanes) is 2. The molecule has 0 unspecified atom stereocenters. The van der Waals surface area contributed by atoms with Crippen LogP contribution >= 0.6 is 0 Å². The number of nitrogens with one attached hydrogen (secondary N) is 1. The quantitative estimate of drug-likeness (QED) is 0.513. The third-order valence-corrected chi connectivity index (χ3v) is 5.11. The molecule has 1 heteroatoms. The Labute approximate surface area is 154 Å². The fraction of sp³-hybridized carbons (Fsp3) is 0.500. The second kappa shape index (κ2) is 8.08. The van der Waals surface area contributed by atoms with E-state index in [0.717, 1.165) is 11.4 Å². The van der Waals surface area contributed by atoms with Crippen molar-refractivity contribution in [2.75, 3.05) is 5.32 Å². The first-order chi connectivity index (χ1) is 11.7. The molecule has 1 N–H and O–H groups in total. The Kier molecular flexibility index (Phi) is 6.32. The number of hydrogen-bond acceptors (Lipinski definition) is 1. The SMILES string of the molecule is CCCCCC(C)(C)c1ccc(Nc2ccc(C(C)(C)C)cc2)cc1. The van der Waals surface area contributed by atoms with Crippen molar-refractivity contribution in [2.24, 2.45) is 0 Å². The second-order valence-electron chi connectivity index (χ2n) is 8.87. The third-order valence-electron chi connectivity index (χ3n) is 5.11. The van der Waals surface area contributed by atoms with Gasteiger partial charge in [-0.3, -0.25) is 0 Å². The van der Waals surface area contributed by atoms with Crippen LogP contribution in [0, 0.1) is 0 Å². The van der Waals surface area contributed by atoms with Crippen molar-refractivity contribution in [3.63, 3.8) is 0 Å². The molecule has 136 valence electrons. The van der Waals surface area contributed by atoms with Crippen molar-refractivity contribution in [3.05, 3.63) is 59.7 Å². The molecular weight excluding hydrogens is 302 g/mol. The van der Waals surface area contributed by atoms with E-state index < -0.39 is 0 Å². The molecule has 0 atom stereocenters. The van der Waals surface area contributed by atoms with Gasteiger partial charge >= 0.3 is 0 Å². The van der Waals surface area contributed by atoms with Crippen LogP contribution < -0.4 is 5.32 Å². The van der Waals surface area contributed by atoms with Gasteiger partial charge in [-0.25, -0.2) is 0 Å². The standard InChI is InChI=1S/C24H35N/c1-7-8-9-18-24(5,6)20-12-16-22(17-13-20)25-21-14-10-19(11-15-21)23(2,3)4/h10-17,25H,7-9,18H2,1-6H3. The zero-order valence-electron chi connectivity index (χ0n) is 16.9. The van der Waals surface area contributed by atoms with Crippen molar-refractivity contribution in [2.45, 2.75) is 78.1 Å². The molecule has 0 aliphatic carbocycles. The lowest BCUT2D eigenvalue weighted by atomic mass is 9.80. The lowest BCUT2D eigenvalue weighted by molar-refractivity contribution is 0.450. The number of rotatable bonds is 7. The lowest BCUT2D eigenvalue weighted by Crippen LogP contribution is -2.16. The van der Waals surface area contributed by atoms with Crippen LogP contribution in [0.25, 0.3) is 0 Å². The molecule has 2 aromatic rings. The summed E-state index contributed by atoms with van der Waals surface area (Å²) >= 11 is 0. The summed E-state index contributed by atoms with van der Waals surface area (Å²) in [6, 6.07) is 17.7. The predicted octanol–water partition coefficient (Wildman–Crippen LogP) is 7.59. The summed E-state index contributed by atoms with van der Waals surface area (Å²) in [5.74, 6) is 0. The van der Waals surface area contributed by atoms with E-state index in [2.05, 4.69) is 95.4 Å². The highest BCUT2D eigenvalue weighted by atomic mass is 14.9. The van der Waals surface area contributed by atoms with E-state index in [9.17, 15) is 0 Å². The van der Waals surface area contributed by atoms with Gasteiger partial charge in [-0.2, -0.15) is 0 Å². The molecule has 0 aromatic heterocycles. The maximum Gasteiger partial charge on any atom is 0.0384 e. The maximum absolute atomic E-state index is 3.51. The molecule has 0 radical (unpaired) electrons. The highest BCUT2D eigenvalue weighted by Crippen LogP contribution is 2.31. The molecule has 0 spiro atoms. The van der Waals surface area contributed by atoms with Gasteiger partial charge in [-0.05, 0) is 52.6 Å². The number of hydrogen-bond donors (Lipinski definition) is 1. The Balaban J connectivity index is 2.02. The molecule has 0 saturated heterocycles. The molecular formula is C24H35N. The monoisotopic (exact) mass is 337 g/mol. The van der Waals surface area contributed by atoms with Crippen molar-refractivity contribution >= 4 is 11.4 Å². The van der Waals surface area contributed by atoms with E-state index in [0.29, 0.717) is 0 Å². The van der Waals surface area contributed by atoms with Gasteiger partial charge < -0.3 is 5.32 Å². The molecule has 0 aliphatic rings. The van der Waals surface area contributed by atoms with E-state index in [1.54, 1.807) is 0 Å². The van der Waals surface area contributed by atoms with Gasteiger partial charge in [0.1, 0.15) is 0 Å². The van der Waals surface area contributed by atoms with E-state index in [4.69, 9.17) is 0 Å². The largest absolute Gasteiger partial charge is 0.356 e. The van der Waals surface area contributed by atoms with Crippen molar-refractivity contribution in [1.29, 1.82) is 0 Å².